The van der Waals surface area contributed by atoms with Gasteiger partial charge in [0.1, 0.15) is 11.1 Å². The fraction of sp³-hybridized carbons (Fsp3) is 0.0870. The Kier molecular flexibility index (Phi) is 6.64. The predicted octanol–water partition coefficient (Wildman–Crippen LogP) is 6.15. The van der Waals surface area contributed by atoms with Gasteiger partial charge in [0.2, 0.25) is 17.5 Å². The third kappa shape index (κ3) is 4.52. The Morgan fingerprint density at radius 3 is 2.43 bits per heavy atom. The van der Waals surface area contributed by atoms with Gasteiger partial charge in [-0.1, -0.05) is 17.7 Å². The molecule has 12 heteroatoms. The van der Waals surface area contributed by atoms with E-state index in [1.54, 1.807) is 43.3 Å². The van der Waals surface area contributed by atoms with E-state index in [1.807, 2.05) is 5.32 Å². The van der Waals surface area contributed by atoms with Gasteiger partial charge in [-0.25, -0.2) is 13.8 Å². The summed E-state index contributed by atoms with van der Waals surface area (Å²) < 4.78 is 66.4. The van der Waals surface area contributed by atoms with Crippen molar-refractivity contribution >= 4 is 51.6 Å². The molecule has 4 aromatic rings. The van der Waals surface area contributed by atoms with Crippen molar-refractivity contribution in [2.45, 2.75) is 6.92 Å². The van der Waals surface area contributed by atoms with Gasteiger partial charge in [-0.15, -0.1) is 0 Å². The first-order chi connectivity index (χ1) is 16.6. The molecule has 180 valence electrons. The molecule has 0 spiro atoms. The number of carbonyl (C=O) groups is 1. The molecule has 0 fully saturated rings. The number of hydrogen-bond acceptors (Lipinski definition) is 5. The van der Waals surface area contributed by atoms with E-state index in [1.165, 1.54) is 0 Å². The lowest BCUT2D eigenvalue weighted by atomic mass is 10.1. The lowest BCUT2D eigenvalue weighted by Crippen LogP contribution is -2.35. The standard InChI is InChI=1S/C23H14ClF4N3O3S/c1-9-11(22-29-13-8-10(24)6-7-14(13)34-22)4-3-5-12(9)30-23(35)31-21(32)15-16(25)18(27)20(33-2)19(28)17(15)26/h3-8H,1-2H3,(H2,30,31,32,35). The molecule has 0 saturated heterocycles. The van der Waals surface area contributed by atoms with Crippen LogP contribution in [0, 0.1) is 30.2 Å². The number of ether oxygens (including phenoxy) is 1. The van der Waals surface area contributed by atoms with E-state index >= 15 is 0 Å². The van der Waals surface area contributed by atoms with Gasteiger partial charge in [-0.3, -0.25) is 10.1 Å². The molecule has 2 N–H and O–H groups in total. The Morgan fingerprint density at radius 2 is 1.77 bits per heavy atom. The van der Waals surface area contributed by atoms with Gasteiger partial charge < -0.3 is 14.5 Å². The minimum Gasteiger partial charge on any atom is -0.491 e. The van der Waals surface area contributed by atoms with E-state index in [0.29, 0.717) is 38.8 Å². The van der Waals surface area contributed by atoms with Crippen molar-refractivity contribution in [2.24, 2.45) is 0 Å². The number of oxazole rings is 1. The maximum absolute atomic E-state index is 14.2. The second-order valence-electron chi connectivity index (χ2n) is 7.18. The Morgan fingerprint density at radius 1 is 1.09 bits per heavy atom. The number of amides is 1. The Hall–Kier alpha value is -3.70. The number of carbonyl (C=O) groups excluding carboxylic acids is 1. The normalized spacial score (nSPS) is 10.9. The van der Waals surface area contributed by atoms with Crippen LogP contribution in [-0.4, -0.2) is 23.1 Å². The van der Waals surface area contributed by atoms with Gasteiger partial charge in [0.15, 0.2) is 28.1 Å². The summed E-state index contributed by atoms with van der Waals surface area (Å²) in [5.74, 6) is -10.0. The van der Waals surface area contributed by atoms with Crippen molar-refractivity contribution in [3.05, 3.63) is 75.8 Å². The molecule has 3 aromatic carbocycles. The van der Waals surface area contributed by atoms with Crippen molar-refractivity contribution in [1.29, 1.82) is 0 Å². The first-order valence-corrected chi connectivity index (χ1v) is 10.6. The predicted molar refractivity (Wildman–Crippen MR) is 126 cm³/mol. The summed E-state index contributed by atoms with van der Waals surface area (Å²) in [4.78, 5) is 16.8. The highest BCUT2D eigenvalue weighted by atomic mass is 35.5. The van der Waals surface area contributed by atoms with Crippen LogP contribution in [0.4, 0.5) is 23.2 Å². The number of rotatable bonds is 4. The molecule has 35 heavy (non-hydrogen) atoms. The molecule has 0 bridgehead atoms. The third-order valence-electron chi connectivity index (χ3n) is 5.04. The second-order valence-corrected chi connectivity index (χ2v) is 8.03. The highest BCUT2D eigenvalue weighted by Crippen LogP contribution is 2.32. The van der Waals surface area contributed by atoms with Crippen molar-refractivity contribution in [3.8, 4) is 17.2 Å². The zero-order valence-electron chi connectivity index (χ0n) is 17.9. The fourth-order valence-corrected chi connectivity index (χ4v) is 3.70. The fourth-order valence-electron chi connectivity index (χ4n) is 3.33. The summed E-state index contributed by atoms with van der Waals surface area (Å²) >= 11 is 11.0. The summed E-state index contributed by atoms with van der Waals surface area (Å²) in [5, 5.41) is 4.83. The molecule has 0 aliphatic rings. The Bertz CT molecular complexity index is 1480. The molecule has 4 rings (SSSR count). The van der Waals surface area contributed by atoms with E-state index in [0.717, 1.165) is 7.11 Å². The van der Waals surface area contributed by atoms with E-state index in [2.05, 4.69) is 15.0 Å². The van der Waals surface area contributed by atoms with Crippen LogP contribution in [-0.2, 0) is 0 Å². The van der Waals surface area contributed by atoms with Crippen LogP contribution in [0.5, 0.6) is 5.75 Å². The minimum atomic E-state index is -1.92. The quantitative estimate of drug-likeness (QED) is 0.190. The summed E-state index contributed by atoms with van der Waals surface area (Å²) in [6.45, 7) is 1.72. The van der Waals surface area contributed by atoms with Crippen LogP contribution in [0.1, 0.15) is 15.9 Å². The maximum atomic E-state index is 14.2. The first kappa shape index (κ1) is 24.4. The van der Waals surface area contributed by atoms with Gasteiger partial charge in [0.05, 0.1) is 7.11 Å². The van der Waals surface area contributed by atoms with Gasteiger partial charge in [0, 0.05) is 16.3 Å². The number of nitrogens with zero attached hydrogens (tertiary/aromatic N) is 1. The first-order valence-electron chi connectivity index (χ1n) is 9.80. The molecular weight excluding hydrogens is 510 g/mol. The summed E-state index contributed by atoms with van der Waals surface area (Å²) in [6, 6.07) is 10.0. The van der Waals surface area contributed by atoms with E-state index in [9.17, 15) is 22.4 Å². The molecule has 1 aromatic heterocycles. The second kappa shape index (κ2) is 9.51. The molecule has 0 radical (unpaired) electrons. The number of anilines is 1. The average molecular weight is 524 g/mol. The maximum Gasteiger partial charge on any atom is 0.263 e. The van der Waals surface area contributed by atoms with Crippen LogP contribution >= 0.6 is 23.8 Å². The van der Waals surface area contributed by atoms with Gasteiger partial charge in [-0.05, 0) is 55.0 Å². The monoisotopic (exact) mass is 523 g/mol. The molecule has 0 aliphatic heterocycles. The molecular formula is C23H14ClF4N3O3S. The highest BCUT2D eigenvalue weighted by molar-refractivity contribution is 7.80. The Labute approximate surface area is 205 Å². The van der Waals surface area contributed by atoms with Crippen LogP contribution in [0.25, 0.3) is 22.6 Å². The molecule has 0 unspecified atom stereocenters. The zero-order valence-corrected chi connectivity index (χ0v) is 19.5. The summed E-state index contributed by atoms with van der Waals surface area (Å²) in [7, 11) is 0.825. The summed E-state index contributed by atoms with van der Waals surface area (Å²) in [6.07, 6.45) is 0. The lowest BCUT2D eigenvalue weighted by Gasteiger charge is -2.14. The van der Waals surface area contributed by atoms with Gasteiger partial charge in [0.25, 0.3) is 5.91 Å². The zero-order chi connectivity index (χ0) is 25.4. The largest absolute Gasteiger partial charge is 0.491 e. The Balaban J connectivity index is 1.58. The van der Waals surface area contributed by atoms with Crippen molar-refractivity contribution in [2.75, 3.05) is 12.4 Å². The van der Waals surface area contributed by atoms with Crippen LogP contribution in [0.2, 0.25) is 5.02 Å². The van der Waals surface area contributed by atoms with Crippen LogP contribution in [0.15, 0.2) is 40.8 Å². The van der Waals surface area contributed by atoms with Crippen LogP contribution in [0.3, 0.4) is 0 Å². The number of benzene rings is 3. The molecule has 0 aliphatic carbocycles. The number of halogens is 5. The van der Waals surface area contributed by atoms with E-state index in [-0.39, 0.29) is 5.11 Å². The number of methoxy groups -OCH3 is 1. The SMILES string of the molecule is COc1c(F)c(F)c(C(=O)NC(=S)Nc2cccc(-c3nc4cc(Cl)ccc4o3)c2C)c(F)c1F. The van der Waals surface area contributed by atoms with Crippen molar-refractivity contribution in [3.63, 3.8) is 0 Å². The van der Waals surface area contributed by atoms with E-state index < -0.39 is 40.5 Å². The van der Waals surface area contributed by atoms with Gasteiger partial charge >= 0.3 is 0 Å². The third-order valence-corrected chi connectivity index (χ3v) is 5.48. The molecule has 0 saturated carbocycles. The highest BCUT2D eigenvalue weighted by Gasteiger charge is 2.30. The molecule has 6 nitrogen and oxygen atoms in total. The summed E-state index contributed by atoms with van der Waals surface area (Å²) in [5.41, 5.74) is 1.19. The number of hydrogen-bond donors (Lipinski definition) is 2. The van der Waals surface area contributed by atoms with Gasteiger partial charge in [-0.2, -0.15) is 8.78 Å². The number of fused-ring (bicyclic) bond motifs is 1. The lowest BCUT2D eigenvalue weighted by molar-refractivity contribution is 0.0966. The minimum absolute atomic E-state index is 0.298. The average Bonchev–Trinajstić information content (AvgIpc) is 3.22. The van der Waals surface area contributed by atoms with E-state index in [4.69, 9.17) is 28.2 Å². The number of nitrogens with one attached hydrogen (secondary N) is 2. The molecule has 1 heterocycles. The van der Waals surface area contributed by atoms with Crippen molar-refractivity contribution < 1.29 is 31.5 Å². The smallest absolute Gasteiger partial charge is 0.263 e. The molecule has 1 amide bonds. The topological polar surface area (TPSA) is 76.4 Å². The van der Waals surface area contributed by atoms with Crippen LogP contribution < -0.4 is 15.4 Å². The number of thiocarbonyl (C=S) groups is 1. The van der Waals surface area contributed by atoms with Crippen molar-refractivity contribution in [1.82, 2.24) is 10.3 Å². The number of aromatic nitrogens is 1. The molecule has 0 atom stereocenters.